The second kappa shape index (κ2) is 3.88. The summed E-state index contributed by atoms with van der Waals surface area (Å²) >= 11 is 0. The predicted molar refractivity (Wildman–Crippen MR) is 87.9 cm³/mol. The minimum atomic E-state index is 0.00219. The SMILES string of the molecule is Cc1ccn2c(c1)nc1c3ccccc3n(C(C)(C)C)c12. The van der Waals surface area contributed by atoms with Crippen LogP contribution in [0.15, 0.2) is 42.6 Å². The lowest BCUT2D eigenvalue weighted by molar-refractivity contribution is 0.420. The quantitative estimate of drug-likeness (QED) is 0.463. The van der Waals surface area contributed by atoms with Crippen molar-refractivity contribution in [3.05, 3.63) is 48.2 Å². The lowest BCUT2D eigenvalue weighted by atomic mass is 10.1. The lowest BCUT2D eigenvalue weighted by Gasteiger charge is -2.23. The summed E-state index contributed by atoms with van der Waals surface area (Å²) in [6, 6.07) is 12.8. The van der Waals surface area contributed by atoms with E-state index in [1.54, 1.807) is 0 Å². The third kappa shape index (κ3) is 1.63. The third-order valence-electron chi connectivity index (χ3n) is 4.04. The molecule has 3 nitrogen and oxygen atoms in total. The molecule has 1 aromatic carbocycles. The van der Waals surface area contributed by atoms with Gasteiger partial charge in [0.25, 0.3) is 0 Å². The second-order valence-electron chi connectivity index (χ2n) is 6.74. The Kier molecular flexibility index (Phi) is 2.30. The van der Waals surface area contributed by atoms with Gasteiger partial charge in [-0.25, -0.2) is 4.98 Å². The van der Waals surface area contributed by atoms with Crippen LogP contribution in [0.1, 0.15) is 26.3 Å². The minimum absolute atomic E-state index is 0.00219. The molecule has 0 aliphatic rings. The molecule has 0 aliphatic carbocycles. The van der Waals surface area contributed by atoms with E-state index in [9.17, 15) is 0 Å². The summed E-state index contributed by atoms with van der Waals surface area (Å²) in [4.78, 5) is 4.88. The van der Waals surface area contributed by atoms with Crippen LogP contribution in [-0.4, -0.2) is 14.0 Å². The van der Waals surface area contributed by atoms with Crippen molar-refractivity contribution in [1.82, 2.24) is 14.0 Å². The van der Waals surface area contributed by atoms with Gasteiger partial charge in [-0.3, -0.25) is 4.40 Å². The van der Waals surface area contributed by atoms with E-state index in [0.717, 1.165) is 11.2 Å². The number of aryl methyl sites for hydroxylation is 1. The van der Waals surface area contributed by atoms with E-state index >= 15 is 0 Å². The van der Waals surface area contributed by atoms with Gasteiger partial charge in [-0.1, -0.05) is 18.2 Å². The van der Waals surface area contributed by atoms with Gasteiger partial charge in [0, 0.05) is 17.1 Å². The van der Waals surface area contributed by atoms with Crippen LogP contribution in [0.3, 0.4) is 0 Å². The van der Waals surface area contributed by atoms with Crippen molar-refractivity contribution in [1.29, 1.82) is 0 Å². The van der Waals surface area contributed by atoms with Crippen molar-refractivity contribution < 1.29 is 0 Å². The largest absolute Gasteiger partial charge is 0.320 e. The summed E-state index contributed by atoms with van der Waals surface area (Å²) in [6.07, 6.45) is 2.13. The van der Waals surface area contributed by atoms with Gasteiger partial charge < -0.3 is 4.57 Å². The number of fused-ring (bicyclic) bond motifs is 5. The average Bonchev–Trinajstić information content (AvgIpc) is 2.91. The van der Waals surface area contributed by atoms with Crippen LogP contribution in [-0.2, 0) is 5.54 Å². The molecule has 0 amide bonds. The third-order valence-corrected chi connectivity index (χ3v) is 4.04. The van der Waals surface area contributed by atoms with Gasteiger partial charge in [0.2, 0.25) is 0 Å². The Morgan fingerprint density at radius 3 is 2.57 bits per heavy atom. The Morgan fingerprint density at radius 1 is 1.05 bits per heavy atom. The van der Waals surface area contributed by atoms with Crippen molar-refractivity contribution >= 4 is 27.7 Å². The van der Waals surface area contributed by atoms with Crippen LogP contribution < -0.4 is 0 Å². The molecule has 0 N–H and O–H groups in total. The van der Waals surface area contributed by atoms with Crippen LogP contribution in [0.25, 0.3) is 27.7 Å². The molecule has 21 heavy (non-hydrogen) atoms. The van der Waals surface area contributed by atoms with Gasteiger partial charge in [0.05, 0.1) is 5.52 Å². The summed E-state index contributed by atoms with van der Waals surface area (Å²) in [6.45, 7) is 8.83. The van der Waals surface area contributed by atoms with Gasteiger partial charge in [-0.05, 0) is 51.5 Å². The van der Waals surface area contributed by atoms with Crippen molar-refractivity contribution in [3.8, 4) is 0 Å². The number of pyridine rings is 1. The minimum Gasteiger partial charge on any atom is -0.320 e. The van der Waals surface area contributed by atoms with Gasteiger partial charge in [0.15, 0.2) is 0 Å². The molecular formula is C18H19N3. The fourth-order valence-electron chi connectivity index (χ4n) is 3.19. The van der Waals surface area contributed by atoms with Gasteiger partial charge in [-0.15, -0.1) is 0 Å². The molecule has 3 heterocycles. The molecule has 106 valence electrons. The van der Waals surface area contributed by atoms with Crippen LogP contribution in [0.2, 0.25) is 0 Å². The maximum Gasteiger partial charge on any atom is 0.146 e. The van der Waals surface area contributed by atoms with E-state index < -0.39 is 0 Å². The smallest absolute Gasteiger partial charge is 0.146 e. The first-order valence-corrected chi connectivity index (χ1v) is 7.35. The number of aromatic nitrogens is 3. The standard InChI is InChI=1S/C18H19N3/c1-12-9-10-20-15(11-12)19-16-13-7-5-6-8-14(13)21(17(16)20)18(2,3)4/h5-11H,1-4H3. The van der Waals surface area contributed by atoms with E-state index in [0.29, 0.717) is 0 Å². The highest BCUT2D eigenvalue weighted by Crippen LogP contribution is 2.34. The zero-order valence-electron chi connectivity index (χ0n) is 12.9. The number of para-hydroxylation sites is 1. The normalized spacial score (nSPS) is 12.8. The van der Waals surface area contributed by atoms with Crippen molar-refractivity contribution in [2.75, 3.05) is 0 Å². The van der Waals surface area contributed by atoms with Crippen LogP contribution in [0.5, 0.6) is 0 Å². The highest BCUT2D eigenvalue weighted by molar-refractivity contribution is 6.06. The van der Waals surface area contributed by atoms with Crippen molar-refractivity contribution in [2.45, 2.75) is 33.2 Å². The molecule has 4 rings (SSSR count). The van der Waals surface area contributed by atoms with E-state index in [1.165, 1.54) is 22.1 Å². The van der Waals surface area contributed by atoms with Crippen molar-refractivity contribution in [2.24, 2.45) is 0 Å². The van der Waals surface area contributed by atoms with Gasteiger partial charge >= 0.3 is 0 Å². The maximum absolute atomic E-state index is 4.88. The summed E-state index contributed by atoms with van der Waals surface area (Å²) in [5, 5.41) is 1.23. The van der Waals surface area contributed by atoms with Gasteiger partial charge in [-0.2, -0.15) is 0 Å². The lowest BCUT2D eigenvalue weighted by Crippen LogP contribution is -2.22. The fourth-order valence-corrected chi connectivity index (χ4v) is 3.19. The van der Waals surface area contributed by atoms with Crippen LogP contribution >= 0.6 is 0 Å². The molecule has 3 aromatic heterocycles. The first-order chi connectivity index (χ1) is 9.97. The fraction of sp³-hybridized carbons (Fsp3) is 0.278. The average molecular weight is 277 g/mol. The number of hydrogen-bond acceptors (Lipinski definition) is 1. The Bertz CT molecular complexity index is 980. The number of hydrogen-bond donors (Lipinski definition) is 0. The predicted octanol–water partition coefficient (Wildman–Crippen LogP) is 4.51. The zero-order chi connectivity index (χ0) is 14.8. The van der Waals surface area contributed by atoms with Gasteiger partial charge in [0.1, 0.15) is 16.8 Å². The first-order valence-electron chi connectivity index (χ1n) is 7.35. The number of rotatable bonds is 0. The van der Waals surface area contributed by atoms with Crippen LogP contribution in [0.4, 0.5) is 0 Å². The molecule has 0 aliphatic heterocycles. The monoisotopic (exact) mass is 277 g/mol. The Labute approximate surface area is 123 Å². The molecule has 0 unspecified atom stereocenters. The van der Waals surface area contributed by atoms with E-state index in [-0.39, 0.29) is 5.54 Å². The zero-order valence-corrected chi connectivity index (χ0v) is 12.9. The van der Waals surface area contributed by atoms with Crippen molar-refractivity contribution in [3.63, 3.8) is 0 Å². The highest BCUT2D eigenvalue weighted by Gasteiger charge is 2.23. The molecule has 0 bridgehead atoms. The maximum atomic E-state index is 4.88. The second-order valence-corrected chi connectivity index (χ2v) is 6.74. The molecule has 0 saturated heterocycles. The Balaban J connectivity index is 2.32. The highest BCUT2D eigenvalue weighted by atomic mass is 15.2. The van der Waals surface area contributed by atoms with E-state index in [1.807, 2.05) is 0 Å². The number of benzene rings is 1. The molecular weight excluding hydrogens is 258 g/mol. The molecule has 3 heteroatoms. The Hall–Kier alpha value is -2.29. The van der Waals surface area contributed by atoms with E-state index in [4.69, 9.17) is 4.98 Å². The summed E-state index contributed by atoms with van der Waals surface area (Å²) in [7, 11) is 0. The number of imidazole rings is 1. The molecule has 0 fully saturated rings. The topological polar surface area (TPSA) is 22.2 Å². The van der Waals surface area contributed by atoms with Crippen LogP contribution in [0, 0.1) is 6.92 Å². The molecule has 0 atom stereocenters. The molecule has 4 aromatic rings. The number of nitrogens with zero attached hydrogens (tertiary/aromatic N) is 3. The van der Waals surface area contributed by atoms with E-state index in [2.05, 4.69) is 79.3 Å². The molecule has 0 saturated carbocycles. The summed E-state index contributed by atoms with van der Waals surface area (Å²) < 4.78 is 4.60. The summed E-state index contributed by atoms with van der Waals surface area (Å²) in [5.74, 6) is 0. The Morgan fingerprint density at radius 2 is 1.81 bits per heavy atom. The first kappa shape index (κ1) is 12.5. The molecule has 0 spiro atoms. The summed E-state index contributed by atoms with van der Waals surface area (Å²) in [5.41, 5.74) is 5.77. The molecule has 0 radical (unpaired) electrons.